The molecule has 2 aromatic heterocycles. The first-order valence-corrected chi connectivity index (χ1v) is 9.32. The first-order chi connectivity index (χ1) is 13.1. The van der Waals surface area contributed by atoms with Crippen molar-refractivity contribution in [1.82, 2.24) is 14.8 Å². The third-order valence-corrected chi connectivity index (χ3v) is 4.85. The summed E-state index contributed by atoms with van der Waals surface area (Å²) in [6, 6.07) is 10.3. The molecule has 0 saturated heterocycles. The predicted octanol–water partition coefficient (Wildman–Crippen LogP) is 4.26. The van der Waals surface area contributed by atoms with Gasteiger partial charge in [-0.3, -0.25) is 0 Å². The summed E-state index contributed by atoms with van der Waals surface area (Å²) in [5, 5.41) is 7.98. The molecule has 6 nitrogen and oxygen atoms in total. The van der Waals surface area contributed by atoms with Crippen molar-refractivity contribution < 1.29 is 0 Å². The van der Waals surface area contributed by atoms with Crippen LogP contribution in [0, 0.1) is 6.92 Å². The zero-order valence-corrected chi connectivity index (χ0v) is 18.6. The zero-order chi connectivity index (χ0) is 18.8. The van der Waals surface area contributed by atoms with Crippen LogP contribution in [0.25, 0.3) is 5.82 Å². The average molecular weight is 509 g/mol. The van der Waals surface area contributed by atoms with Crippen LogP contribution in [0.5, 0.6) is 0 Å². The summed E-state index contributed by atoms with van der Waals surface area (Å²) in [6.07, 6.45) is 6.83. The number of nitrogens with one attached hydrogen (secondary N) is 1. The summed E-state index contributed by atoms with van der Waals surface area (Å²) in [5.41, 5.74) is 11.7. The van der Waals surface area contributed by atoms with Gasteiger partial charge in [-0.15, -0.1) is 24.0 Å². The number of guanidine groups is 1. The molecule has 0 aliphatic heterocycles. The Morgan fingerprint density at radius 3 is 2.86 bits per heavy atom. The highest BCUT2D eigenvalue weighted by atomic mass is 127. The first-order valence-electron chi connectivity index (χ1n) is 8.94. The Morgan fingerprint density at radius 1 is 1.25 bits per heavy atom. The normalized spacial score (nSPS) is 13.1. The van der Waals surface area contributed by atoms with Crippen molar-refractivity contribution in [2.45, 2.75) is 32.7 Å². The van der Waals surface area contributed by atoms with Crippen LogP contribution in [-0.4, -0.2) is 20.7 Å². The summed E-state index contributed by atoms with van der Waals surface area (Å²) in [4.78, 5) is 9.04. The zero-order valence-electron chi connectivity index (χ0n) is 15.5. The van der Waals surface area contributed by atoms with E-state index in [0.29, 0.717) is 23.3 Å². The highest BCUT2D eigenvalue weighted by Crippen LogP contribution is 2.24. The average Bonchev–Trinajstić information content (AvgIpc) is 3.29. The van der Waals surface area contributed by atoms with Gasteiger partial charge in [0.15, 0.2) is 11.8 Å². The number of hydrogen-bond donors (Lipinski definition) is 2. The van der Waals surface area contributed by atoms with E-state index in [1.807, 2.05) is 19.1 Å². The van der Waals surface area contributed by atoms with Crippen LogP contribution in [0.4, 0.5) is 5.69 Å². The standard InChI is InChI=1S/C20H21ClN6.HI/c1-13-5-6-16(19(25-13)27-12-17(21)11-24-27)10-23-20(22)26-18-8-7-14-3-2-4-15(14)9-18;/h5-9,11-12H,2-4,10H2,1H3,(H3,22,23,26);1H. The van der Waals surface area contributed by atoms with Crippen LogP contribution in [0.1, 0.15) is 28.8 Å². The SMILES string of the molecule is Cc1ccc(CN=C(N)Nc2ccc3c(c2)CCC3)c(-n2cc(Cl)cn2)n1.I. The van der Waals surface area contributed by atoms with Gasteiger partial charge < -0.3 is 11.1 Å². The van der Waals surface area contributed by atoms with Crippen molar-refractivity contribution in [3.05, 3.63) is 70.1 Å². The van der Waals surface area contributed by atoms with Crippen LogP contribution in [0.15, 0.2) is 47.7 Å². The Morgan fingerprint density at radius 2 is 2.07 bits per heavy atom. The summed E-state index contributed by atoms with van der Waals surface area (Å²) >= 11 is 5.99. The van der Waals surface area contributed by atoms with Crippen LogP contribution in [-0.2, 0) is 19.4 Å². The van der Waals surface area contributed by atoms with E-state index in [1.165, 1.54) is 24.0 Å². The maximum Gasteiger partial charge on any atom is 0.193 e. The smallest absolute Gasteiger partial charge is 0.193 e. The van der Waals surface area contributed by atoms with Crippen molar-refractivity contribution in [1.29, 1.82) is 0 Å². The second-order valence-electron chi connectivity index (χ2n) is 6.70. The molecule has 0 spiro atoms. The summed E-state index contributed by atoms with van der Waals surface area (Å²) in [7, 11) is 0. The number of halogens is 2. The van der Waals surface area contributed by atoms with E-state index in [-0.39, 0.29) is 24.0 Å². The van der Waals surface area contributed by atoms with Gasteiger partial charge in [0.1, 0.15) is 0 Å². The fourth-order valence-electron chi connectivity index (χ4n) is 3.32. The van der Waals surface area contributed by atoms with Crippen molar-refractivity contribution >= 4 is 47.2 Å². The number of rotatable bonds is 4. The summed E-state index contributed by atoms with van der Waals surface area (Å²) in [5.74, 6) is 1.08. The monoisotopic (exact) mass is 508 g/mol. The van der Waals surface area contributed by atoms with Crippen LogP contribution in [0.2, 0.25) is 5.02 Å². The second-order valence-corrected chi connectivity index (χ2v) is 7.14. The number of nitrogens with zero attached hydrogens (tertiary/aromatic N) is 4. The number of benzene rings is 1. The molecule has 1 aliphatic rings. The van der Waals surface area contributed by atoms with E-state index >= 15 is 0 Å². The molecule has 0 bridgehead atoms. The fraction of sp³-hybridized carbons (Fsp3) is 0.250. The van der Waals surface area contributed by atoms with Gasteiger partial charge in [0.25, 0.3) is 0 Å². The topological polar surface area (TPSA) is 81.1 Å². The van der Waals surface area contributed by atoms with Gasteiger partial charge in [0.05, 0.1) is 24.0 Å². The maximum absolute atomic E-state index is 6.10. The third kappa shape index (κ3) is 4.64. The number of fused-ring (bicyclic) bond motifs is 1. The van der Waals surface area contributed by atoms with E-state index in [1.54, 1.807) is 17.1 Å². The van der Waals surface area contributed by atoms with Gasteiger partial charge >= 0.3 is 0 Å². The lowest BCUT2D eigenvalue weighted by Gasteiger charge is -2.10. The lowest BCUT2D eigenvalue weighted by Crippen LogP contribution is -2.22. The number of nitrogens with two attached hydrogens (primary N) is 1. The van der Waals surface area contributed by atoms with Crippen molar-refractivity contribution in [2.24, 2.45) is 10.7 Å². The Kier molecular flexibility index (Phi) is 6.56. The molecular formula is C20H22ClIN6. The van der Waals surface area contributed by atoms with Gasteiger partial charge in [-0.1, -0.05) is 23.7 Å². The molecule has 0 radical (unpaired) electrons. The van der Waals surface area contributed by atoms with Crippen molar-refractivity contribution in [3.8, 4) is 5.82 Å². The van der Waals surface area contributed by atoms with E-state index in [0.717, 1.165) is 23.4 Å². The predicted molar refractivity (Wildman–Crippen MR) is 124 cm³/mol. The highest BCUT2D eigenvalue weighted by molar-refractivity contribution is 14.0. The quantitative estimate of drug-likeness (QED) is 0.313. The van der Waals surface area contributed by atoms with Gasteiger partial charge in [-0.05, 0) is 55.5 Å². The minimum Gasteiger partial charge on any atom is -0.370 e. The molecule has 1 aromatic carbocycles. The molecule has 0 fully saturated rings. The van der Waals surface area contributed by atoms with Crippen molar-refractivity contribution in [3.63, 3.8) is 0 Å². The molecule has 8 heteroatoms. The molecule has 0 unspecified atom stereocenters. The number of aromatic nitrogens is 3. The fourth-order valence-corrected chi connectivity index (χ4v) is 3.45. The van der Waals surface area contributed by atoms with Gasteiger partial charge in [0, 0.05) is 16.9 Å². The summed E-state index contributed by atoms with van der Waals surface area (Å²) in [6.45, 7) is 2.33. The molecule has 0 atom stereocenters. The Labute approximate surface area is 186 Å². The number of aliphatic imine (C=N–C) groups is 1. The maximum atomic E-state index is 6.10. The Balaban J connectivity index is 0.00000225. The van der Waals surface area contributed by atoms with Gasteiger partial charge in [-0.2, -0.15) is 5.10 Å². The van der Waals surface area contributed by atoms with Crippen LogP contribution >= 0.6 is 35.6 Å². The van der Waals surface area contributed by atoms with Crippen LogP contribution < -0.4 is 11.1 Å². The number of hydrogen-bond acceptors (Lipinski definition) is 3. The minimum absolute atomic E-state index is 0. The van der Waals surface area contributed by atoms with E-state index in [9.17, 15) is 0 Å². The van der Waals surface area contributed by atoms with Gasteiger partial charge in [0.2, 0.25) is 0 Å². The molecule has 4 rings (SSSR count). The lowest BCUT2D eigenvalue weighted by atomic mass is 10.1. The largest absolute Gasteiger partial charge is 0.370 e. The molecule has 146 valence electrons. The minimum atomic E-state index is 0. The second kappa shape index (κ2) is 8.91. The van der Waals surface area contributed by atoms with Gasteiger partial charge in [-0.25, -0.2) is 14.7 Å². The molecule has 1 aliphatic carbocycles. The van der Waals surface area contributed by atoms with Crippen LogP contribution in [0.3, 0.4) is 0 Å². The molecule has 28 heavy (non-hydrogen) atoms. The molecular weight excluding hydrogens is 487 g/mol. The lowest BCUT2D eigenvalue weighted by molar-refractivity contribution is 0.817. The Bertz CT molecular complexity index is 1010. The summed E-state index contributed by atoms with van der Waals surface area (Å²) < 4.78 is 1.66. The molecule has 2 heterocycles. The number of anilines is 1. The number of aryl methyl sites for hydroxylation is 3. The van der Waals surface area contributed by atoms with E-state index < -0.39 is 0 Å². The molecule has 3 aromatic rings. The number of pyridine rings is 1. The van der Waals surface area contributed by atoms with E-state index in [2.05, 4.69) is 38.6 Å². The van der Waals surface area contributed by atoms with E-state index in [4.69, 9.17) is 17.3 Å². The third-order valence-electron chi connectivity index (χ3n) is 4.65. The Hall–Kier alpha value is -2.13. The molecule has 0 amide bonds. The first kappa shape index (κ1) is 20.6. The highest BCUT2D eigenvalue weighted by Gasteiger charge is 2.11. The molecule has 3 N–H and O–H groups in total. The molecule has 0 saturated carbocycles. The van der Waals surface area contributed by atoms with Crippen molar-refractivity contribution in [2.75, 3.05) is 5.32 Å².